The number of halogens is 1. The molecule has 4 aromatic carbocycles. The molecule has 3 aromatic heterocycles. The molecular formula is C35H27BrN6O. The molecule has 7 nitrogen and oxygen atoms in total. The Morgan fingerprint density at radius 2 is 1.44 bits per heavy atom. The Labute approximate surface area is 257 Å². The summed E-state index contributed by atoms with van der Waals surface area (Å²) < 4.78 is 5.04. The fraction of sp³-hybridized carbons (Fsp3) is 0.0857. The van der Waals surface area contributed by atoms with Gasteiger partial charge in [0.2, 0.25) is 0 Å². The van der Waals surface area contributed by atoms with Gasteiger partial charge in [-0.15, -0.1) is 5.10 Å². The minimum atomic E-state index is 0.133. The van der Waals surface area contributed by atoms with Crippen molar-refractivity contribution in [2.75, 3.05) is 0 Å². The standard InChI is InChI=1S/C35H27BrN6O/c1-24(26-17-19-29(36)20-18-26)40-43-22-30-38-35-32-31(27-13-7-3-8-14-27)33(28-15-9-4-10-16-28)41(21-25-11-5-2-6-12-25)34(32)37-23-42(35)39-30/h2-20,23H,21-22H2,1H3. The van der Waals surface area contributed by atoms with E-state index in [4.69, 9.17) is 19.9 Å². The van der Waals surface area contributed by atoms with Crippen molar-refractivity contribution in [3.05, 3.63) is 143 Å². The van der Waals surface area contributed by atoms with Crippen LogP contribution in [0.3, 0.4) is 0 Å². The molecule has 0 bridgehead atoms. The van der Waals surface area contributed by atoms with E-state index in [1.165, 1.54) is 5.56 Å². The van der Waals surface area contributed by atoms with Gasteiger partial charge in [0, 0.05) is 16.6 Å². The predicted molar refractivity (Wildman–Crippen MR) is 174 cm³/mol. The Morgan fingerprint density at radius 1 is 0.791 bits per heavy atom. The van der Waals surface area contributed by atoms with Gasteiger partial charge in [0.25, 0.3) is 0 Å². The average molecular weight is 628 g/mol. The zero-order valence-electron chi connectivity index (χ0n) is 23.4. The van der Waals surface area contributed by atoms with Crippen LogP contribution in [0.5, 0.6) is 0 Å². The summed E-state index contributed by atoms with van der Waals surface area (Å²) in [5, 5.41) is 9.96. The number of hydrogen-bond acceptors (Lipinski definition) is 5. The molecule has 0 unspecified atom stereocenters. The summed E-state index contributed by atoms with van der Waals surface area (Å²) in [5.74, 6) is 0.526. The molecule has 0 saturated heterocycles. The summed E-state index contributed by atoms with van der Waals surface area (Å²) in [5.41, 5.74) is 8.86. The van der Waals surface area contributed by atoms with Crippen molar-refractivity contribution in [1.29, 1.82) is 0 Å². The summed E-state index contributed by atoms with van der Waals surface area (Å²) in [7, 11) is 0. The minimum absolute atomic E-state index is 0.133. The second-order valence-corrected chi connectivity index (χ2v) is 11.1. The van der Waals surface area contributed by atoms with Gasteiger partial charge in [-0.1, -0.05) is 124 Å². The molecule has 0 saturated carbocycles. The lowest BCUT2D eigenvalue weighted by molar-refractivity contribution is 0.125. The largest absolute Gasteiger partial charge is 0.387 e. The molecule has 3 heterocycles. The van der Waals surface area contributed by atoms with E-state index < -0.39 is 0 Å². The lowest BCUT2D eigenvalue weighted by Crippen LogP contribution is -2.03. The molecule has 43 heavy (non-hydrogen) atoms. The number of aromatic nitrogens is 5. The van der Waals surface area contributed by atoms with Crippen molar-refractivity contribution < 1.29 is 4.84 Å². The SMILES string of the molecule is CC(=NOCc1nc2c3c(-c4ccccc4)c(-c4ccccc4)n(Cc4ccccc4)c3ncn2n1)c1ccc(Br)cc1. The first-order valence-electron chi connectivity index (χ1n) is 14.0. The maximum Gasteiger partial charge on any atom is 0.192 e. The van der Waals surface area contributed by atoms with Gasteiger partial charge in [-0.2, -0.15) is 0 Å². The van der Waals surface area contributed by atoms with Crippen LogP contribution in [0.1, 0.15) is 23.9 Å². The quantitative estimate of drug-likeness (QED) is 0.126. The van der Waals surface area contributed by atoms with Crippen LogP contribution in [-0.2, 0) is 18.0 Å². The fourth-order valence-electron chi connectivity index (χ4n) is 5.37. The van der Waals surface area contributed by atoms with E-state index in [1.54, 1.807) is 10.8 Å². The maximum atomic E-state index is 5.71. The lowest BCUT2D eigenvalue weighted by Gasteiger charge is -2.13. The molecule has 0 amide bonds. The molecule has 0 N–H and O–H groups in total. The molecule has 0 atom stereocenters. The van der Waals surface area contributed by atoms with Crippen LogP contribution < -0.4 is 0 Å². The van der Waals surface area contributed by atoms with Crippen LogP contribution in [0.2, 0.25) is 0 Å². The summed E-state index contributed by atoms with van der Waals surface area (Å²) in [6.45, 7) is 2.71. The predicted octanol–water partition coefficient (Wildman–Crippen LogP) is 8.16. The number of nitrogens with zero attached hydrogens (tertiary/aromatic N) is 6. The van der Waals surface area contributed by atoms with E-state index in [2.05, 4.69) is 98.4 Å². The van der Waals surface area contributed by atoms with Gasteiger partial charge in [0.05, 0.1) is 16.8 Å². The van der Waals surface area contributed by atoms with Crippen LogP contribution in [0.15, 0.2) is 131 Å². The first kappa shape index (κ1) is 26.8. The molecule has 7 rings (SSSR count). The van der Waals surface area contributed by atoms with Crippen molar-refractivity contribution in [3.8, 4) is 22.4 Å². The molecule has 0 radical (unpaired) electrons. The normalized spacial score (nSPS) is 11.8. The van der Waals surface area contributed by atoms with Crippen LogP contribution in [0, 0.1) is 0 Å². The molecule has 8 heteroatoms. The van der Waals surface area contributed by atoms with E-state index in [-0.39, 0.29) is 6.61 Å². The van der Waals surface area contributed by atoms with E-state index in [1.807, 2.05) is 49.4 Å². The molecule has 210 valence electrons. The van der Waals surface area contributed by atoms with Crippen LogP contribution in [-0.4, -0.2) is 29.9 Å². The van der Waals surface area contributed by atoms with Gasteiger partial charge in [-0.25, -0.2) is 14.5 Å². The second-order valence-electron chi connectivity index (χ2n) is 10.2. The molecule has 0 aliphatic heterocycles. The molecular weight excluding hydrogens is 600 g/mol. The van der Waals surface area contributed by atoms with Crippen LogP contribution >= 0.6 is 15.9 Å². The zero-order valence-corrected chi connectivity index (χ0v) is 25.0. The van der Waals surface area contributed by atoms with Gasteiger partial charge in [-0.3, -0.25) is 0 Å². The van der Waals surface area contributed by atoms with Crippen molar-refractivity contribution in [1.82, 2.24) is 24.1 Å². The highest BCUT2D eigenvalue weighted by Gasteiger charge is 2.25. The molecule has 0 aliphatic rings. The number of hydrogen-bond donors (Lipinski definition) is 0. The number of oxime groups is 1. The number of fused-ring (bicyclic) bond motifs is 3. The zero-order chi connectivity index (χ0) is 29.2. The second kappa shape index (κ2) is 11.7. The topological polar surface area (TPSA) is 69.6 Å². The number of benzene rings is 4. The summed E-state index contributed by atoms with van der Waals surface area (Å²) in [6, 6.07) is 39.3. The summed E-state index contributed by atoms with van der Waals surface area (Å²) in [6.07, 6.45) is 1.73. The van der Waals surface area contributed by atoms with Crippen molar-refractivity contribution >= 4 is 38.3 Å². The summed E-state index contributed by atoms with van der Waals surface area (Å²) in [4.78, 5) is 15.6. The van der Waals surface area contributed by atoms with Gasteiger partial charge >= 0.3 is 0 Å². The molecule has 0 spiro atoms. The van der Waals surface area contributed by atoms with E-state index in [9.17, 15) is 0 Å². The molecule has 7 aromatic rings. The van der Waals surface area contributed by atoms with Gasteiger partial charge in [0.1, 0.15) is 12.0 Å². The third-order valence-corrected chi connectivity index (χ3v) is 7.90. The minimum Gasteiger partial charge on any atom is -0.387 e. The highest BCUT2D eigenvalue weighted by Crippen LogP contribution is 2.42. The van der Waals surface area contributed by atoms with Crippen LogP contribution in [0.4, 0.5) is 0 Å². The Bertz CT molecular complexity index is 2050. The fourth-order valence-corrected chi connectivity index (χ4v) is 5.64. The van der Waals surface area contributed by atoms with E-state index in [0.29, 0.717) is 12.4 Å². The lowest BCUT2D eigenvalue weighted by atomic mass is 9.99. The smallest absolute Gasteiger partial charge is 0.192 e. The maximum absolute atomic E-state index is 5.71. The Morgan fingerprint density at radius 3 is 2.14 bits per heavy atom. The monoisotopic (exact) mass is 626 g/mol. The molecule has 0 aliphatic carbocycles. The Kier molecular flexibility index (Phi) is 7.27. The van der Waals surface area contributed by atoms with Gasteiger partial charge in [-0.05, 0) is 41.3 Å². The third kappa shape index (κ3) is 5.33. The molecule has 0 fully saturated rings. The van der Waals surface area contributed by atoms with Crippen molar-refractivity contribution in [2.24, 2.45) is 5.16 Å². The highest BCUT2D eigenvalue weighted by molar-refractivity contribution is 9.10. The highest BCUT2D eigenvalue weighted by atomic mass is 79.9. The van der Waals surface area contributed by atoms with E-state index in [0.717, 1.165) is 54.8 Å². The summed E-state index contributed by atoms with van der Waals surface area (Å²) >= 11 is 3.47. The van der Waals surface area contributed by atoms with Crippen molar-refractivity contribution in [3.63, 3.8) is 0 Å². The average Bonchev–Trinajstić information content (AvgIpc) is 3.61. The van der Waals surface area contributed by atoms with Gasteiger partial charge in [0.15, 0.2) is 18.1 Å². The van der Waals surface area contributed by atoms with Gasteiger partial charge < -0.3 is 9.40 Å². The first-order chi connectivity index (χ1) is 21.2. The Hall–Kier alpha value is -5.08. The Balaban J connectivity index is 1.38. The first-order valence-corrected chi connectivity index (χ1v) is 14.8. The van der Waals surface area contributed by atoms with Crippen molar-refractivity contribution in [2.45, 2.75) is 20.1 Å². The number of rotatable bonds is 8. The van der Waals surface area contributed by atoms with Crippen LogP contribution in [0.25, 0.3) is 39.1 Å². The third-order valence-electron chi connectivity index (χ3n) is 7.37. The van der Waals surface area contributed by atoms with E-state index >= 15 is 0 Å².